The molecule has 1 aliphatic rings. The molecular weight excluding hydrogens is 458 g/mol. The summed E-state index contributed by atoms with van der Waals surface area (Å²) < 4.78 is 37.6. The van der Waals surface area contributed by atoms with Crippen molar-refractivity contribution in [2.45, 2.75) is 10.3 Å². The zero-order chi connectivity index (χ0) is 22.9. The van der Waals surface area contributed by atoms with Gasteiger partial charge in [-0.1, -0.05) is 11.6 Å². The molecule has 0 bridgehead atoms. The molecule has 2 aromatic carbocycles. The van der Waals surface area contributed by atoms with E-state index in [0.29, 0.717) is 28.2 Å². The minimum atomic E-state index is -4.00. The van der Waals surface area contributed by atoms with Crippen LogP contribution in [0.4, 0.5) is 11.4 Å². The number of carbonyl (C=O) groups is 1. The van der Waals surface area contributed by atoms with Crippen molar-refractivity contribution in [3.05, 3.63) is 53.2 Å². The van der Waals surface area contributed by atoms with E-state index >= 15 is 0 Å². The first-order valence-corrected chi connectivity index (χ1v) is 11.6. The zero-order valence-corrected chi connectivity index (χ0v) is 18.5. The molecule has 0 amide bonds. The predicted octanol–water partition coefficient (Wildman–Crippen LogP) is 3.06. The Morgan fingerprint density at radius 3 is 2.81 bits per heavy atom. The number of nitrogens with zero attached hydrogens (tertiary/aromatic N) is 1. The average Bonchev–Trinajstić information content (AvgIpc) is 2.79. The lowest BCUT2D eigenvalue weighted by Gasteiger charge is -2.25. The second kappa shape index (κ2) is 8.91. The number of nitrogens with one attached hydrogen (secondary N) is 2. The second-order valence-corrected chi connectivity index (χ2v) is 9.54. The molecule has 0 spiro atoms. The molecule has 9 nitrogen and oxygen atoms in total. The van der Waals surface area contributed by atoms with Gasteiger partial charge in [0.05, 0.1) is 36.2 Å². The number of halogens is 1. The highest BCUT2D eigenvalue weighted by molar-refractivity contribution is 7.92. The molecule has 1 atom stereocenters. The van der Waals surface area contributed by atoms with Gasteiger partial charge in [-0.3, -0.25) is 4.98 Å². The average molecular weight is 478 g/mol. The predicted molar refractivity (Wildman–Crippen MR) is 120 cm³/mol. The number of fused-ring (bicyclic) bond motifs is 1. The molecule has 0 aliphatic carbocycles. The molecule has 168 valence electrons. The first-order valence-electron chi connectivity index (χ1n) is 9.64. The molecule has 3 N–H and O–H groups in total. The number of hydrogen-bond donors (Lipinski definition) is 3. The third-order valence-corrected chi connectivity index (χ3v) is 7.21. The van der Waals surface area contributed by atoms with Gasteiger partial charge in [-0.15, -0.1) is 0 Å². The summed E-state index contributed by atoms with van der Waals surface area (Å²) in [7, 11) is -2.55. The SMILES string of the molecule is COc1ccc(C(=O)O)c(Nc2c(S(=O)(=O)C3CNCCO3)cnc3ccc(Cl)cc23)c1. The van der Waals surface area contributed by atoms with Gasteiger partial charge in [-0.25, -0.2) is 13.2 Å². The molecule has 4 rings (SSSR count). The number of hydrogen-bond acceptors (Lipinski definition) is 8. The van der Waals surface area contributed by atoms with Gasteiger partial charge < -0.3 is 25.2 Å². The molecule has 1 fully saturated rings. The van der Waals surface area contributed by atoms with Crippen molar-refractivity contribution in [3.8, 4) is 5.75 Å². The molecule has 1 saturated heterocycles. The number of aromatic carboxylic acids is 1. The summed E-state index contributed by atoms with van der Waals surface area (Å²) in [6.07, 6.45) is 1.24. The number of carboxylic acid groups (broad SMARTS) is 1. The Balaban J connectivity index is 1.94. The Labute approximate surface area is 189 Å². The fraction of sp³-hybridized carbons (Fsp3) is 0.238. The van der Waals surface area contributed by atoms with E-state index in [1.807, 2.05) is 0 Å². The van der Waals surface area contributed by atoms with E-state index in [4.69, 9.17) is 21.1 Å². The monoisotopic (exact) mass is 477 g/mol. The van der Waals surface area contributed by atoms with Crippen LogP contribution in [0.1, 0.15) is 10.4 Å². The van der Waals surface area contributed by atoms with Crippen molar-refractivity contribution in [1.82, 2.24) is 10.3 Å². The molecule has 1 unspecified atom stereocenters. The van der Waals surface area contributed by atoms with E-state index in [9.17, 15) is 18.3 Å². The number of methoxy groups -OCH3 is 1. The summed E-state index contributed by atoms with van der Waals surface area (Å²) in [5.41, 5.74) is -0.375. The van der Waals surface area contributed by atoms with Crippen LogP contribution in [0.25, 0.3) is 10.9 Å². The molecule has 1 aliphatic heterocycles. The van der Waals surface area contributed by atoms with Gasteiger partial charge >= 0.3 is 5.97 Å². The summed E-state index contributed by atoms with van der Waals surface area (Å²) in [6, 6.07) is 9.23. The number of pyridine rings is 1. The zero-order valence-electron chi connectivity index (χ0n) is 17.0. The van der Waals surface area contributed by atoms with Crippen LogP contribution in [0, 0.1) is 0 Å². The third kappa shape index (κ3) is 4.22. The highest BCUT2D eigenvalue weighted by Gasteiger charge is 2.33. The summed E-state index contributed by atoms with van der Waals surface area (Å²) in [5.74, 6) is -0.783. The number of benzene rings is 2. The second-order valence-electron chi connectivity index (χ2n) is 7.05. The van der Waals surface area contributed by atoms with Crippen molar-refractivity contribution in [2.75, 3.05) is 32.1 Å². The van der Waals surface area contributed by atoms with Crippen LogP contribution < -0.4 is 15.4 Å². The van der Waals surface area contributed by atoms with Crippen molar-refractivity contribution in [1.29, 1.82) is 0 Å². The maximum Gasteiger partial charge on any atom is 0.337 e. The number of carboxylic acids is 1. The molecule has 0 radical (unpaired) electrons. The van der Waals surface area contributed by atoms with Crippen molar-refractivity contribution >= 4 is 49.7 Å². The van der Waals surface area contributed by atoms with Crippen LogP contribution in [0.15, 0.2) is 47.5 Å². The Bertz CT molecular complexity index is 1290. The van der Waals surface area contributed by atoms with E-state index in [2.05, 4.69) is 15.6 Å². The number of morpholine rings is 1. The maximum absolute atomic E-state index is 13.4. The van der Waals surface area contributed by atoms with Gasteiger partial charge in [0, 0.05) is 35.8 Å². The number of anilines is 2. The van der Waals surface area contributed by atoms with Crippen LogP contribution in [-0.2, 0) is 14.6 Å². The number of aromatic nitrogens is 1. The van der Waals surface area contributed by atoms with Gasteiger partial charge in [0.1, 0.15) is 10.6 Å². The Kier molecular flexibility index (Phi) is 6.20. The fourth-order valence-corrected chi connectivity index (χ4v) is 5.16. The molecule has 11 heteroatoms. The quantitative estimate of drug-likeness (QED) is 0.490. The lowest BCUT2D eigenvalue weighted by Crippen LogP contribution is -2.43. The summed E-state index contributed by atoms with van der Waals surface area (Å²) >= 11 is 6.18. The van der Waals surface area contributed by atoms with E-state index in [1.54, 1.807) is 18.2 Å². The van der Waals surface area contributed by atoms with Crippen molar-refractivity contribution in [3.63, 3.8) is 0 Å². The maximum atomic E-state index is 13.4. The minimum absolute atomic E-state index is 0.0586. The molecule has 2 heterocycles. The lowest BCUT2D eigenvalue weighted by molar-refractivity contribution is 0.0698. The van der Waals surface area contributed by atoms with Gasteiger partial charge in [0.25, 0.3) is 0 Å². The van der Waals surface area contributed by atoms with Crippen molar-refractivity contribution < 1.29 is 27.8 Å². The van der Waals surface area contributed by atoms with E-state index in [0.717, 1.165) is 0 Å². The summed E-state index contributed by atoms with van der Waals surface area (Å²) in [6.45, 7) is 0.919. The fourth-order valence-electron chi connectivity index (χ4n) is 3.45. The summed E-state index contributed by atoms with van der Waals surface area (Å²) in [5, 5.41) is 16.4. The highest BCUT2D eigenvalue weighted by atomic mass is 35.5. The normalized spacial score (nSPS) is 16.6. The van der Waals surface area contributed by atoms with Gasteiger partial charge in [-0.2, -0.15) is 0 Å². The first kappa shape index (κ1) is 22.3. The van der Waals surface area contributed by atoms with Crippen LogP contribution in [0.5, 0.6) is 5.75 Å². The third-order valence-electron chi connectivity index (χ3n) is 5.06. The van der Waals surface area contributed by atoms with Gasteiger partial charge in [0.15, 0.2) is 5.44 Å². The standard InChI is InChI=1S/C21H20ClN3O6S/c1-30-13-3-4-14(21(26)27)17(9-13)25-20-15-8-12(22)2-5-16(15)24-10-18(20)32(28,29)19-11-23-6-7-31-19/h2-5,8-10,19,23H,6-7,11H2,1H3,(H,24,25)(H,26,27). The molecule has 3 aromatic rings. The van der Waals surface area contributed by atoms with E-state index < -0.39 is 21.2 Å². The Morgan fingerprint density at radius 1 is 1.31 bits per heavy atom. The van der Waals surface area contributed by atoms with E-state index in [1.165, 1.54) is 31.5 Å². The van der Waals surface area contributed by atoms with Crippen LogP contribution in [0.2, 0.25) is 5.02 Å². The van der Waals surface area contributed by atoms with Crippen LogP contribution in [-0.4, -0.2) is 56.7 Å². The highest BCUT2D eigenvalue weighted by Crippen LogP contribution is 2.37. The first-order chi connectivity index (χ1) is 15.3. The largest absolute Gasteiger partial charge is 0.497 e. The van der Waals surface area contributed by atoms with Crippen molar-refractivity contribution in [2.24, 2.45) is 0 Å². The van der Waals surface area contributed by atoms with Crippen LogP contribution in [0.3, 0.4) is 0 Å². The Hall–Kier alpha value is -2.92. The smallest absolute Gasteiger partial charge is 0.337 e. The molecule has 1 aromatic heterocycles. The minimum Gasteiger partial charge on any atom is -0.497 e. The topological polar surface area (TPSA) is 127 Å². The van der Waals surface area contributed by atoms with Gasteiger partial charge in [0.2, 0.25) is 9.84 Å². The molecule has 0 saturated carbocycles. The number of rotatable bonds is 6. The van der Waals surface area contributed by atoms with Gasteiger partial charge in [-0.05, 0) is 30.3 Å². The van der Waals surface area contributed by atoms with Crippen LogP contribution >= 0.6 is 11.6 Å². The summed E-state index contributed by atoms with van der Waals surface area (Å²) in [4.78, 5) is 16.0. The molecular formula is C21H20ClN3O6S. The lowest BCUT2D eigenvalue weighted by atomic mass is 10.1. The Morgan fingerprint density at radius 2 is 2.12 bits per heavy atom. The number of ether oxygens (including phenoxy) is 2. The number of sulfone groups is 1. The van der Waals surface area contributed by atoms with E-state index in [-0.39, 0.29) is 35.0 Å². The molecule has 32 heavy (non-hydrogen) atoms.